The molecule has 0 heterocycles. The molecule has 14 heteroatoms. The van der Waals surface area contributed by atoms with Crippen LogP contribution in [0.5, 0.6) is 0 Å². The lowest BCUT2D eigenvalue weighted by Gasteiger charge is -2.30. The maximum atomic E-state index is 12.9. The molecule has 0 radical (unpaired) electrons. The first-order valence-corrected chi connectivity index (χ1v) is 10.3. The molecule has 14 nitrogen and oxygen atoms in total. The van der Waals surface area contributed by atoms with E-state index in [0.29, 0.717) is 10.7 Å². The smallest absolute Gasteiger partial charge is 0.338 e. The molecule has 0 aliphatic carbocycles. The largest absolute Gasteiger partial charge is 0.481 e. The summed E-state index contributed by atoms with van der Waals surface area (Å²) in [7, 11) is 0. The number of nitrogens with zero attached hydrogens (tertiary/aromatic N) is 2. The number of urea groups is 1. The Labute approximate surface area is 204 Å². The number of aliphatic carboxylic acids is 2. The van der Waals surface area contributed by atoms with Gasteiger partial charge in [-0.05, 0) is 29.8 Å². The number of carboxylic acid groups (broad SMARTS) is 2. The summed E-state index contributed by atoms with van der Waals surface area (Å²) in [4.78, 5) is 64.7. The number of carbonyl (C=O) groups excluding carboxylic acids is 3. The number of amides is 4. The van der Waals surface area contributed by atoms with Gasteiger partial charge in [0, 0.05) is 12.6 Å². The van der Waals surface area contributed by atoms with E-state index in [4.69, 9.17) is 11.5 Å². The molecule has 2 aromatic rings. The van der Waals surface area contributed by atoms with Gasteiger partial charge in [0.15, 0.2) is 12.0 Å². The van der Waals surface area contributed by atoms with E-state index < -0.39 is 48.3 Å². The minimum Gasteiger partial charge on any atom is -0.481 e. The molecule has 2 atom stereocenters. The van der Waals surface area contributed by atoms with Gasteiger partial charge in [0.05, 0.1) is 12.1 Å². The van der Waals surface area contributed by atoms with E-state index in [1.807, 2.05) is 0 Å². The van der Waals surface area contributed by atoms with Gasteiger partial charge >= 0.3 is 18.0 Å². The van der Waals surface area contributed by atoms with Crippen LogP contribution in [0.4, 0.5) is 16.2 Å². The maximum Gasteiger partial charge on any atom is 0.338 e. The van der Waals surface area contributed by atoms with E-state index in [1.165, 1.54) is 36.4 Å². The molecule has 0 aromatic heterocycles. The Kier molecular flexibility index (Phi) is 9.31. The molecular weight excluding hydrogens is 474 g/mol. The fourth-order valence-electron chi connectivity index (χ4n) is 3.05. The van der Waals surface area contributed by atoms with Gasteiger partial charge in [-0.15, -0.1) is 0 Å². The van der Waals surface area contributed by atoms with E-state index in [9.17, 15) is 34.2 Å². The molecule has 2 rings (SSSR count). The fraction of sp³-hybridized carbons (Fsp3) is 0.182. The van der Waals surface area contributed by atoms with Gasteiger partial charge in [-0.1, -0.05) is 30.3 Å². The number of carboxylic acids is 2. The number of benzene rings is 2. The van der Waals surface area contributed by atoms with Crippen LogP contribution < -0.4 is 27.5 Å². The van der Waals surface area contributed by atoms with Gasteiger partial charge in [-0.25, -0.2) is 25.0 Å². The van der Waals surface area contributed by atoms with Crippen molar-refractivity contribution in [2.24, 2.45) is 16.5 Å². The van der Waals surface area contributed by atoms with Crippen LogP contribution in [0.1, 0.15) is 24.9 Å². The Morgan fingerprint density at radius 2 is 1.58 bits per heavy atom. The zero-order valence-electron chi connectivity index (χ0n) is 19.0. The first-order chi connectivity index (χ1) is 17.0. The van der Waals surface area contributed by atoms with Crippen molar-refractivity contribution in [1.29, 1.82) is 0 Å². The second-order valence-electron chi connectivity index (χ2n) is 7.34. The molecule has 0 spiro atoms. The highest BCUT2D eigenvalue weighted by molar-refractivity contribution is 5.95. The molecule has 0 aliphatic rings. The number of hydrogen-bond acceptors (Lipinski definition) is 6. The minimum atomic E-state index is -1.76. The lowest BCUT2D eigenvalue weighted by Crippen LogP contribution is -2.58. The third-order valence-corrected chi connectivity index (χ3v) is 4.59. The van der Waals surface area contributed by atoms with Gasteiger partial charge in [-0.3, -0.25) is 14.4 Å². The molecule has 9 N–H and O–H groups in total. The predicted octanol–water partition coefficient (Wildman–Crippen LogP) is 0.262. The van der Waals surface area contributed by atoms with Crippen molar-refractivity contribution in [2.45, 2.75) is 25.4 Å². The Morgan fingerprint density at radius 3 is 2.08 bits per heavy atom. The van der Waals surface area contributed by atoms with Crippen LogP contribution in [-0.2, 0) is 19.2 Å². The van der Waals surface area contributed by atoms with Crippen LogP contribution >= 0.6 is 0 Å². The van der Waals surface area contributed by atoms with E-state index in [1.54, 1.807) is 18.2 Å². The Balaban J connectivity index is 2.22. The Hall–Kier alpha value is -5.14. The molecule has 4 amide bonds. The molecule has 0 unspecified atom stereocenters. The first kappa shape index (κ1) is 27.1. The standard InChI is InChI=1S/C22H25N7O7/c1-12(30)29(28-22(36)26-15-9-7-14(8-10-15)25-21(23)24)16(11-17(31)32)19(33)27-18(20(34)35)13-5-3-2-4-6-13/h2-10,16,18H,11H2,1H3,(H,27,33)(H,31,32)(H,34,35)(H4,23,24,25)(H2,26,28,36)/t16-,18-/m0/s1. The number of nitrogens with two attached hydrogens (primary N) is 2. The summed E-state index contributed by atoms with van der Waals surface area (Å²) in [5.74, 6) is -5.02. The highest BCUT2D eigenvalue weighted by atomic mass is 16.4. The second-order valence-corrected chi connectivity index (χ2v) is 7.34. The summed E-state index contributed by atoms with van der Waals surface area (Å²) in [5, 5.41) is 24.0. The molecule has 0 saturated carbocycles. The van der Waals surface area contributed by atoms with Gasteiger partial charge in [0.2, 0.25) is 11.8 Å². The molecule has 0 bridgehead atoms. The van der Waals surface area contributed by atoms with E-state index >= 15 is 0 Å². The molecular formula is C22H25N7O7. The van der Waals surface area contributed by atoms with Gasteiger partial charge < -0.3 is 32.3 Å². The molecule has 0 saturated heterocycles. The normalized spacial score (nSPS) is 11.8. The average molecular weight is 499 g/mol. The highest BCUT2D eigenvalue weighted by Crippen LogP contribution is 2.17. The van der Waals surface area contributed by atoms with E-state index in [0.717, 1.165) is 6.92 Å². The van der Waals surface area contributed by atoms with Crippen molar-refractivity contribution < 1.29 is 34.2 Å². The van der Waals surface area contributed by atoms with Crippen LogP contribution in [0.3, 0.4) is 0 Å². The summed E-state index contributed by atoms with van der Waals surface area (Å²) in [6.07, 6.45) is -0.917. The SMILES string of the molecule is CC(=O)N(NC(=O)Nc1ccc(N=C(N)N)cc1)[C@@H](CC(=O)O)C(=O)N[C@H](C(=O)O)c1ccccc1. The van der Waals surface area contributed by atoms with Crippen molar-refractivity contribution >= 4 is 47.1 Å². The van der Waals surface area contributed by atoms with Crippen molar-refractivity contribution in [1.82, 2.24) is 15.8 Å². The van der Waals surface area contributed by atoms with Gasteiger partial charge in [0.1, 0.15) is 6.04 Å². The summed E-state index contributed by atoms with van der Waals surface area (Å²) in [6.45, 7) is 0.998. The fourth-order valence-corrected chi connectivity index (χ4v) is 3.05. The number of nitrogens with one attached hydrogen (secondary N) is 3. The van der Waals surface area contributed by atoms with Crippen LogP contribution in [0.25, 0.3) is 0 Å². The number of hydrazine groups is 1. The molecule has 0 aliphatic heterocycles. The lowest BCUT2D eigenvalue weighted by molar-refractivity contribution is -0.149. The minimum absolute atomic E-state index is 0.161. The van der Waals surface area contributed by atoms with E-state index in [2.05, 4.69) is 21.1 Å². The second kappa shape index (κ2) is 12.4. The van der Waals surface area contributed by atoms with Gasteiger partial charge in [0.25, 0.3) is 0 Å². The van der Waals surface area contributed by atoms with Crippen molar-refractivity contribution in [3.63, 3.8) is 0 Å². The molecule has 0 fully saturated rings. The number of hydrogen-bond donors (Lipinski definition) is 7. The first-order valence-electron chi connectivity index (χ1n) is 10.3. The van der Waals surface area contributed by atoms with Crippen LogP contribution in [0.2, 0.25) is 0 Å². The zero-order valence-corrected chi connectivity index (χ0v) is 19.0. The third-order valence-electron chi connectivity index (χ3n) is 4.59. The molecule has 36 heavy (non-hydrogen) atoms. The monoisotopic (exact) mass is 499 g/mol. The molecule has 190 valence electrons. The summed E-state index contributed by atoms with van der Waals surface area (Å²) >= 11 is 0. The number of aliphatic imine (C=N–C) groups is 1. The molecule has 2 aromatic carbocycles. The van der Waals surface area contributed by atoms with Crippen LogP contribution in [-0.4, -0.2) is 57.0 Å². The van der Waals surface area contributed by atoms with E-state index in [-0.39, 0.29) is 17.2 Å². The highest BCUT2D eigenvalue weighted by Gasteiger charge is 2.34. The summed E-state index contributed by atoms with van der Waals surface area (Å²) < 4.78 is 0. The lowest BCUT2D eigenvalue weighted by atomic mass is 10.1. The van der Waals surface area contributed by atoms with Crippen molar-refractivity contribution in [3.8, 4) is 0 Å². The Bertz CT molecular complexity index is 1150. The van der Waals surface area contributed by atoms with Crippen molar-refractivity contribution in [3.05, 3.63) is 60.2 Å². The number of guanidine groups is 1. The van der Waals surface area contributed by atoms with Crippen LogP contribution in [0, 0.1) is 0 Å². The van der Waals surface area contributed by atoms with Crippen molar-refractivity contribution in [2.75, 3.05) is 5.32 Å². The third kappa shape index (κ3) is 8.02. The number of anilines is 1. The summed E-state index contributed by atoms with van der Waals surface area (Å²) in [6, 6.07) is 9.32. The zero-order chi connectivity index (χ0) is 26.8. The van der Waals surface area contributed by atoms with Gasteiger partial charge in [-0.2, -0.15) is 0 Å². The Morgan fingerprint density at radius 1 is 0.972 bits per heavy atom. The number of rotatable bonds is 9. The number of carbonyl (C=O) groups is 5. The average Bonchev–Trinajstić information content (AvgIpc) is 2.80. The topological polar surface area (TPSA) is 230 Å². The predicted molar refractivity (Wildman–Crippen MR) is 128 cm³/mol. The maximum absolute atomic E-state index is 12.9. The van der Waals surface area contributed by atoms with Crippen LogP contribution in [0.15, 0.2) is 59.6 Å². The summed E-state index contributed by atoms with van der Waals surface area (Å²) in [5.41, 5.74) is 13.6. The quantitative estimate of drug-likeness (QED) is 0.142.